The van der Waals surface area contributed by atoms with E-state index in [0.29, 0.717) is 30.1 Å². The Morgan fingerprint density at radius 2 is 2.15 bits per heavy atom. The lowest BCUT2D eigenvalue weighted by Gasteiger charge is -2.10. The first-order valence-corrected chi connectivity index (χ1v) is 10.5. The minimum Gasteiger partial charge on any atom is -0.352 e. The third-order valence-corrected chi connectivity index (χ3v) is 5.75. The molecule has 1 aliphatic rings. The van der Waals surface area contributed by atoms with Gasteiger partial charge < -0.3 is 16.0 Å². The number of thiophene rings is 1. The minimum absolute atomic E-state index is 0.0159. The molecule has 2 amide bonds. The van der Waals surface area contributed by atoms with E-state index < -0.39 is 0 Å². The Morgan fingerprint density at radius 1 is 1.22 bits per heavy atom. The molecular weight excluding hydrogens is 358 g/mol. The van der Waals surface area contributed by atoms with Gasteiger partial charge in [-0.3, -0.25) is 9.59 Å². The molecule has 5 nitrogen and oxygen atoms in total. The molecule has 27 heavy (non-hydrogen) atoms. The molecule has 144 valence electrons. The van der Waals surface area contributed by atoms with Gasteiger partial charge in [0.15, 0.2) is 0 Å². The zero-order chi connectivity index (χ0) is 18.9. The van der Waals surface area contributed by atoms with Crippen LogP contribution in [0, 0.1) is 5.92 Å². The van der Waals surface area contributed by atoms with Crippen molar-refractivity contribution in [3.05, 3.63) is 52.2 Å². The van der Waals surface area contributed by atoms with Crippen molar-refractivity contribution in [2.24, 2.45) is 5.92 Å². The molecule has 6 heteroatoms. The Morgan fingerprint density at radius 3 is 2.93 bits per heavy atom. The van der Waals surface area contributed by atoms with Crippen LogP contribution in [0.3, 0.4) is 0 Å². The maximum absolute atomic E-state index is 12.3. The van der Waals surface area contributed by atoms with Gasteiger partial charge in [0.1, 0.15) is 0 Å². The summed E-state index contributed by atoms with van der Waals surface area (Å²) in [5.74, 6) is 0.553. The molecular formula is C21H27N3O2S. The van der Waals surface area contributed by atoms with Crippen LogP contribution in [0.15, 0.2) is 41.8 Å². The quantitative estimate of drug-likeness (QED) is 0.619. The first-order valence-electron chi connectivity index (χ1n) is 9.62. The highest BCUT2D eigenvalue weighted by molar-refractivity contribution is 7.09. The SMILES string of the molecule is O=C(CCCc1cccs1)Nc1cccc(C(=O)NCCC2CCNC2)c1. The summed E-state index contributed by atoms with van der Waals surface area (Å²) in [6.45, 7) is 2.81. The van der Waals surface area contributed by atoms with E-state index >= 15 is 0 Å². The lowest BCUT2D eigenvalue weighted by molar-refractivity contribution is -0.116. The summed E-state index contributed by atoms with van der Waals surface area (Å²) in [5, 5.41) is 11.3. The van der Waals surface area contributed by atoms with E-state index in [-0.39, 0.29) is 11.8 Å². The van der Waals surface area contributed by atoms with E-state index in [1.54, 1.807) is 29.5 Å². The average Bonchev–Trinajstić information content (AvgIpc) is 3.36. The van der Waals surface area contributed by atoms with Gasteiger partial charge in [0.05, 0.1) is 0 Å². The average molecular weight is 386 g/mol. The van der Waals surface area contributed by atoms with Gasteiger partial charge in [0.2, 0.25) is 5.91 Å². The topological polar surface area (TPSA) is 70.2 Å². The highest BCUT2D eigenvalue weighted by Crippen LogP contribution is 2.15. The molecule has 1 unspecified atom stereocenters. The number of hydrogen-bond donors (Lipinski definition) is 3. The number of anilines is 1. The van der Waals surface area contributed by atoms with Gasteiger partial charge in [-0.15, -0.1) is 11.3 Å². The highest BCUT2D eigenvalue weighted by atomic mass is 32.1. The zero-order valence-corrected chi connectivity index (χ0v) is 16.3. The van der Waals surface area contributed by atoms with Crippen LogP contribution in [-0.4, -0.2) is 31.4 Å². The van der Waals surface area contributed by atoms with Crippen molar-refractivity contribution in [2.75, 3.05) is 25.0 Å². The first-order chi connectivity index (χ1) is 13.2. The summed E-state index contributed by atoms with van der Waals surface area (Å²) < 4.78 is 0. The maximum Gasteiger partial charge on any atom is 0.251 e. The van der Waals surface area contributed by atoms with Crippen LogP contribution in [0.4, 0.5) is 5.69 Å². The molecule has 0 saturated carbocycles. The number of aryl methyl sites for hydroxylation is 1. The monoisotopic (exact) mass is 385 g/mol. The molecule has 1 atom stereocenters. The second-order valence-electron chi connectivity index (χ2n) is 6.97. The molecule has 0 bridgehead atoms. The predicted octanol–water partition coefficient (Wildman–Crippen LogP) is 3.44. The fourth-order valence-corrected chi connectivity index (χ4v) is 4.04. The molecule has 3 N–H and O–H groups in total. The largest absolute Gasteiger partial charge is 0.352 e. The molecule has 0 aliphatic carbocycles. The molecule has 0 radical (unpaired) electrons. The lowest BCUT2D eigenvalue weighted by atomic mass is 10.1. The second kappa shape index (κ2) is 10.2. The van der Waals surface area contributed by atoms with Gasteiger partial charge in [0.25, 0.3) is 5.91 Å². The summed E-state index contributed by atoms with van der Waals surface area (Å²) in [4.78, 5) is 25.7. The van der Waals surface area contributed by atoms with Crippen molar-refractivity contribution in [1.29, 1.82) is 0 Å². The van der Waals surface area contributed by atoms with Gasteiger partial charge in [-0.05, 0) is 74.3 Å². The number of nitrogens with one attached hydrogen (secondary N) is 3. The number of benzene rings is 1. The summed E-state index contributed by atoms with van der Waals surface area (Å²) >= 11 is 1.72. The predicted molar refractivity (Wildman–Crippen MR) is 110 cm³/mol. The van der Waals surface area contributed by atoms with E-state index in [2.05, 4.69) is 27.4 Å². The molecule has 0 spiro atoms. The molecule has 1 fully saturated rings. The van der Waals surface area contributed by atoms with Crippen LogP contribution < -0.4 is 16.0 Å². The van der Waals surface area contributed by atoms with Crippen molar-refractivity contribution in [1.82, 2.24) is 10.6 Å². The Kier molecular flexibility index (Phi) is 7.42. The summed E-state index contributed by atoms with van der Waals surface area (Å²) in [7, 11) is 0. The van der Waals surface area contributed by atoms with Crippen molar-refractivity contribution in [3.8, 4) is 0 Å². The van der Waals surface area contributed by atoms with Crippen molar-refractivity contribution >= 4 is 28.8 Å². The standard InChI is InChI=1S/C21H27N3O2S/c25-20(8-2-6-19-7-3-13-27-19)24-18-5-1-4-17(14-18)21(26)23-12-10-16-9-11-22-15-16/h1,3-5,7,13-14,16,22H,2,6,8-12,15H2,(H,23,26)(H,24,25). The summed E-state index contributed by atoms with van der Waals surface area (Å²) in [6.07, 6.45) is 4.40. The normalized spacial score (nSPS) is 16.2. The lowest BCUT2D eigenvalue weighted by Crippen LogP contribution is -2.26. The van der Waals surface area contributed by atoms with Crippen molar-refractivity contribution in [3.63, 3.8) is 0 Å². The van der Waals surface area contributed by atoms with Crippen LogP contribution in [0.25, 0.3) is 0 Å². The van der Waals surface area contributed by atoms with Gasteiger partial charge in [-0.2, -0.15) is 0 Å². The molecule has 1 aromatic carbocycles. The van der Waals surface area contributed by atoms with Crippen LogP contribution in [-0.2, 0) is 11.2 Å². The molecule has 1 aromatic heterocycles. The highest BCUT2D eigenvalue weighted by Gasteiger charge is 2.14. The number of rotatable bonds is 9. The summed E-state index contributed by atoms with van der Waals surface area (Å²) in [6, 6.07) is 11.3. The Labute approximate surface area is 164 Å². The van der Waals surface area contributed by atoms with Gasteiger partial charge >= 0.3 is 0 Å². The first kappa shape index (κ1) is 19.6. The third-order valence-electron chi connectivity index (χ3n) is 4.82. The molecule has 1 aliphatic heterocycles. The number of carbonyl (C=O) groups is 2. The van der Waals surface area contributed by atoms with E-state index in [0.717, 1.165) is 32.4 Å². The third kappa shape index (κ3) is 6.48. The fourth-order valence-electron chi connectivity index (χ4n) is 3.29. The fraction of sp³-hybridized carbons (Fsp3) is 0.429. The van der Waals surface area contributed by atoms with Crippen molar-refractivity contribution < 1.29 is 9.59 Å². The van der Waals surface area contributed by atoms with Crippen LogP contribution >= 0.6 is 11.3 Å². The zero-order valence-electron chi connectivity index (χ0n) is 15.5. The molecule has 2 aromatic rings. The van der Waals surface area contributed by atoms with E-state index in [1.807, 2.05) is 12.1 Å². The van der Waals surface area contributed by atoms with Gasteiger partial charge in [-0.25, -0.2) is 0 Å². The maximum atomic E-state index is 12.3. The Hall–Kier alpha value is -2.18. The van der Waals surface area contributed by atoms with Crippen LogP contribution in [0.5, 0.6) is 0 Å². The van der Waals surface area contributed by atoms with Crippen LogP contribution in [0.1, 0.15) is 40.9 Å². The van der Waals surface area contributed by atoms with E-state index in [1.165, 1.54) is 11.3 Å². The number of carbonyl (C=O) groups excluding carboxylic acids is 2. The van der Waals surface area contributed by atoms with Gasteiger partial charge in [0, 0.05) is 29.1 Å². The number of hydrogen-bond acceptors (Lipinski definition) is 4. The number of amides is 2. The Bertz CT molecular complexity index is 740. The second-order valence-corrected chi connectivity index (χ2v) is 8.00. The molecule has 3 rings (SSSR count). The molecule has 2 heterocycles. The van der Waals surface area contributed by atoms with E-state index in [9.17, 15) is 9.59 Å². The minimum atomic E-state index is -0.0882. The van der Waals surface area contributed by atoms with Crippen molar-refractivity contribution in [2.45, 2.75) is 32.1 Å². The smallest absolute Gasteiger partial charge is 0.251 e. The summed E-state index contributed by atoms with van der Waals surface area (Å²) in [5.41, 5.74) is 1.25. The van der Waals surface area contributed by atoms with Crippen LogP contribution in [0.2, 0.25) is 0 Å². The van der Waals surface area contributed by atoms with Gasteiger partial charge in [-0.1, -0.05) is 12.1 Å². The van der Waals surface area contributed by atoms with E-state index in [4.69, 9.17) is 0 Å². The molecule has 1 saturated heterocycles. The Balaban J connectivity index is 1.41.